The largest absolute Gasteiger partial charge is 0.434 e. The van der Waals surface area contributed by atoms with Gasteiger partial charge in [0.25, 0.3) is 5.91 Å². The summed E-state index contributed by atoms with van der Waals surface area (Å²) in [7, 11) is 1.59. The molecule has 0 unspecified atom stereocenters. The molecule has 5 N–H and O–H groups in total. The number of carbonyl (C=O) groups excluding carboxylic acids is 2. The number of ether oxygens (including phenoxy) is 1. The standard InChI is InChI=1S/C21H25F2N5O3.HI/c1-13-3-8-17(31-20(22)23)16(9-13)11-28-21(25-2)27-10-14-4-6-15(7-5-14)19(30)26-12-18(24)29;/h3-9,20H,10-12H2,1-2H3,(H2,24,29)(H,26,30)(H2,25,27,28);1H. The molecule has 0 bridgehead atoms. The first-order valence-electron chi connectivity index (χ1n) is 9.42. The summed E-state index contributed by atoms with van der Waals surface area (Å²) in [6, 6.07) is 11.7. The zero-order valence-electron chi connectivity index (χ0n) is 17.7. The lowest BCUT2D eigenvalue weighted by atomic mass is 10.1. The third-order valence-corrected chi connectivity index (χ3v) is 4.20. The zero-order chi connectivity index (χ0) is 22.8. The van der Waals surface area contributed by atoms with E-state index in [1.807, 2.05) is 6.92 Å². The maximum Gasteiger partial charge on any atom is 0.387 e. The van der Waals surface area contributed by atoms with Gasteiger partial charge in [-0.3, -0.25) is 14.6 Å². The van der Waals surface area contributed by atoms with E-state index >= 15 is 0 Å². The average Bonchev–Trinajstić information content (AvgIpc) is 2.74. The molecule has 0 atom stereocenters. The molecule has 0 heterocycles. The van der Waals surface area contributed by atoms with Crippen LogP contribution in [-0.4, -0.2) is 38.0 Å². The van der Waals surface area contributed by atoms with Crippen molar-refractivity contribution in [3.8, 4) is 5.75 Å². The fourth-order valence-electron chi connectivity index (χ4n) is 2.69. The van der Waals surface area contributed by atoms with Gasteiger partial charge in [0.2, 0.25) is 5.91 Å². The van der Waals surface area contributed by atoms with Crippen LogP contribution in [0.1, 0.15) is 27.0 Å². The maximum atomic E-state index is 12.6. The normalized spacial score (nSPS) is 10.8. The highest BCUT2D eigenvalue weighted by molar-refractivity contribution is 14.0. The molecule has 2 amide bonds. The van der Waals surface area contributed by atoms with Crippen molar-refractivity contribution in [2.75, 3.05) is 13.6 Å². The predicted octanol–water partition coefficient (Wildman–Crippen LogP) is 2.29. The van der Waals surface area contributed by atoms with Crippen LogP contribution in [-0.2, 0) is 17.9 Å². The number of aryl methyl sites for hydroxylation is 1. The molecule has 0 aliphatic rings. The molecule has 32 heavy (non-hydrogen) atoms. The summed E-state index contributed by atoms with van der Waals surface area (Å²) < 4.78 is 29.8. The van der Waals surface area contributed by atoms with Gasteiger partial charge in [-0.2, -0.15) is 8.78 Å². The van der Waals surface area contributed by atoms with E-state index < -0.39 is 18.4 Å². The number of hydrogen-bond acceptors (Lipinski definition) is 4. The van der Waals surface area contributed by atoms with Gasteiger partial charge in [0, 0.05) is 31.3 Å². The summed E-state index contributed by atoms with van der Waals surface area (Å²) in [6.07, 6.45) is 0. The van der Waals surface area contributed by atoms with E-state index in [1.165, 1.54) is 6.07 Å². The van der Waals surface area contributed by atoms with Crippen LogP contribution in [0.15, 0.2) is 47.5 Å². The van der Waals surface area contributed by atoms with Crippen LogP contribution in [0, 0.1) is 6.92 Å². The van der Waals surface area contributed by atoms with Gasteiger partial charge in [-0.1, -0.05) is 29.8 Å². The number of carbonyl (C=O) groups is 2. The summed E-state index contributed by atoms with van der Waals surface area (Å²) in [6.45, 7) is -0.616. The van der Waals surface area contributed by atoms with E-state index in [1.54, 1.807) is 43.4 Å². The number of nitrogens with one attached hydrogen (secondary N) is 3. The first kappa shape index (κ1) is 27.1. The van der Waals surface area contributed by atoms with Gasteiger partial charge in [-0.25, -0.2) is 0 Å². The first-order valence-corrected chi connectivity index (χ1v) is 9.42. The van der Waals surface area contributed by atoms with Gasteiger partial charge in [0.05, 0.1) is 6.54 Å². The third-order valence-electron chi connectivity index (χ3n) is 4.20. The van der Waals surface area contributed by atoms with E-state index in [2.05, 4.69) is 25.7 Å². The Balaban J connectivity index is 0.00000512. The van der Waals surface area contributed by atoms with E-state index in [-0.39, 0.29) is 42.8 Å². The fraction of sp³-hybridized carbons (Fsp3) is 0.286. The van der Waals surface area contributed by atoms with Gasteiger partial charge >= 0.3 is 6.61 Å². The summed E-state index contributed by atoms with van der Waals surface area (Å²) >= 11 is 0. The summed E-state index contributed by atoms with van der Waals surface area (Å²) in [5.74, 6) is -0.441. The molecule has 0 aromatic heterocycles. The quantitative estimate of drug-likeness (QED) is 0.213. The molecule has 0 saturated carbocycles. The second-order valence-corrected chi connectivity index (χ2v) is 6.61. The van der Waals surface area contributed by atoms with Crippen LogP contribution >= 0.6 is 24.0 Å². The first-order chi connectivity index (χ1) is 14.8. The Labute approximate surface area is 202 Å². The van der Waals surface area contributed by atoms with Crippen molar-refractivity contribution in [1.82, 2.24) is 16.0 Å². The third kappa shape index (κ3) is 9.04. The van der Waals surface area contributed by atoms with Gasteiger partial charge in [-0.05, 0) is 30.7 Å². The number of alkyl halides is 2. The van der Waals surface area contributed by atoms with Crippen LogP contribution in [0.4, 0.5) is 8.78 Å². The number of guanidine groups is 1. The number of halogens is 3. The summed E-state index contributed by atoms with van der Waals surface area (Å²) in [5, 5.41) is 8.58. The van der Waals surface area contributed by atoms with Crippen LogP contribution in [0.5, 0.6) is 5.75 Å². The molecule has 0 spiro atoms. The Morgan fingerprint density at radius 3 is 2.31 bits per heavy atom. The van der Waals surface area contributed by atoms with Crippen LogP contribution in [0.3, 0.4) is 0 Å². The number of rotatable bonds is 9. The number of nitrogens with two attached hydrogens (primary N) is 1. The van der Waals surface area contributed by atoms with E-state index in [9.17, 15) is 18.4 Å². The smallest absolute Gasteiger partial charge is 0.387 e. The lowest BCUT2D eigenvalue weighted by Gasteiger charge is -2.15. The maximum absolute atomic E-state index is 12.6. The molecular weight excluding hydrogens is 535 g/mol. The fourth-order valence-corrected chi connectivity index (χ4v) is 2.69. The number of hydrogen-bond donors (Lipinski definition) is 4. The molecule has 0 saturated heterocycles. The van der Waals surface area contributed by atoms with E-state index in [0.29, 0.717) is 23.6 Å². The van der Waals surface area contributed by atoms with Crippen LogP contribution in [0.25, 0.3) is 0 Å². The lowest BCUT2D eigenvalue weighted by molar-refractivity contribution is -0.117. The molecular formula is C21H26F2IN5O3. The molecule has 0 fully saturated rings. The highest BCUT2D eigenvalue weighted by atomic mass is 127. The molecule has 2 aromatic rings. The zero-order valence-corrected chi connectivity index (χ0v) is 20.0. The van der Waals surface area contributed by atoms with Crippen molar-refractivity contribution < 1.29 is 23.1 Å². The van der Waals surface area contributed by atoms with Crippen LogP contribution in [0.2, 0.25) is 0 Å². The van der Waals surface area contributed by atoms with Gasteiger partial charge in [0.1, 0.15) is 5.75 Å². The second kappa shape index (κ2) is 13.5. The Morgan fingerprint density at radius 2 is 1.72 bits per heavy atom. The minimum atomic E-state index is -2.90. The Morgan fingerprint density at radius 1 is 1.06 bits per heavy atom. The van der Waals surface area contributed by atoms with Crippen molar-refractivity contribution in [2.45, 2.75) is 26.6 Å². The van der Waals surface area contributed by atoms with E-state index in [4.69, 9.17) is 5.73 Å². The Kier molecular flexibility index (Phi) is 11.4. The predicted molar refractivity (Wildman–Crippen MR) is 128 cm³/mol. The average molecular weight is 561 g/mol. The molecule has 174 valence electrons. The number of aliphatic imine (C=N–C) groups is 1. The molecule has 0 aliphatic carbocycles. The van der Waals surface area contributed by atoms with Gasteiger partial charge in [0.15, 0.2) is 5.96 Å². The molecule has 8 nitrogen and oxygen atoms in total. The Bertz CT molecular complexity index is 940. The highest BCUT2D eigenvalue weighted by Gasteiger charge is 2.11. The molecule has 0 radical (unpaired) electrons. The van der Waals surface area contributed by atoms with Gasteiger partial charge < -0.3 is 26.4 Å². The van der Waals surface area contributed by atoms with Crippen molar-refractivity contribution in [2.24, 2.45) is 10.7 Å². The van der Waals surface area contributed by atoms with E-state index in [0.717, 1.165) is 11.1 Å². The topological polar surface area (TPSA) is 118 Å². The highest BCUT2D eigenvalue weighted by Crippen LogP contribution is 2.22. The Hall–Kier alpha value is -2.96. The van der Waals surface area contributed by atoms with Crippen molar-refractivity contribution in [3.63, 3.8) is 0 Å². The monoisotopic (exact) mass is 561 g/mol. The van der Waals surface area contributed by atoms with Crippen molar-refractivity contribution in [3.05, 3.63) is 64.7 Å². The van der Waals surface area contributed by atoms with Crippen molar-refractivity contribution in [1.29, 1.82) is 0 Å². The number of primary amides is 1. The molecule has 11 heteroatoms. The molecule has 2 rings (SSSR count). The van der Waals surface area contributed by atoms with Crippen molar-refractivity contribution >= 4 is 41.8 Å². The molecule has 2 aromatic carbocycles. The summed E-state index contributed by atoms with van der Waals surface area (Å²) in [4.78, 5) is 26.7. The minimum Gasteiger partial charge on any atom is -0.434 e. The SMILES string of the molecule is CN=C(NCc1ccc(C(=O)NCC(N)=O)cc1)NCc1cc(C)ccc1OC(F)F.I. The number of benzene rings is 2. The number of nitrogens with zero attached hydrogens (tertiary/aromatic N) is 1. The lowest BCUT2D eigenvalue weighted by Crippen LogP contribution is -2.36. The van der Waals surface area contributed by atoms with Gasteiger partial charge in [-0.15, -0.1) is 24.0 Å². The minimum absolute atomic E-state index is 0. The summed E-state index contributed by atoms with van der Waals surface area (Å²) in [5.41, 5.74) is 7.78. The molecule has 0 aliphatic heterocycles. The number of amides is 2. The van der Waals surface area contributed by atoms with Crippen LogP contribution < -0.4 is 26.4 Å². The second-order valence-electron chi connectivity index (χ2n) is 6.61.